The van der Waals surface area contributed by atoms with E-state index in [4.69, 9.17) is 0 Å². The van der Waals surface area contributed by atoms with Crippen molar-refractivity contribution in [1.82, 2.24) is 4.57 Å². The highest BCUT2D eigenvalue weighted by atomic mass is 15.2. The largest absolute Gasteiger partial charge is 0.311 e. The zero-order valence-corrected chi connectivity index (χ0v) is 37.3. The molecule has 2 aliphatic heterocycles. The molecule has 0 saturated carbocycles. The predicted molar refractivity (Wildman–Crippen MR) is 259 cm³/mol. The van der Waals surface area contributed by atoms with E-state index in [1.165, 1.54) is 99.9 Å². The maximum Gasteiger partial charge on any atom is 0.252 e. The Morgan fingerprint density at radius 1 is 0.417 bits per heavy atom. The van der Waals surface area contributed by atoms with Crippen LogP contribution in [0.15, 0.2) is 146 Å². The van der Waals surface area contributed by atoms with Crippen molar-refractivity contribution < 1.29 is 0 Å². The van der Waals surface area contributed by atoms with E-state index in [-0.39, 0.29) is 28.4 Å². The molecular formula is C57H57BN2. The predicted octanol–water partition coefficient (Wildman–Crippen LogP) is 13.0. The third kappa shape index (κ3) is 5.76. The summed E-state index contributed by atoms with van der Waals surface area (Å²) < 4.78 is 2.63. The quantitative estimate of drug-likeness (QED) is 0.158. The molecule has 7 aromatic carbocycles. The molecule has 0 bridgehead atoms. The van der Waals surface area contributed by atoms with Gasteiger partial charge < -0.3 is 9.47 Å². The third-order valence-corrected chi connectivity index (χ3v) is 14.1. The van der Waals surface area contributed by atoms with Crippen molar-refractivity contribution in [3.8, 4) is 5.69 Å². The Kier molecular flexibility index (Phi) is 8.39. The number of aromatic nitrogens is 1. The highest BCUT2D eigenvalue weighted by Gasteiger charge is 2.44. The summed E-state index contributed by atoms with van der Waals surface area (Å²) in [5, 5.41) is 2.64. The second kappa shape index (κ2) is 13.1. The van der Waals surface area contributed by atoms with Gasteiger partial charge in [0.25, 0.3) is 6.71 Å². The fourth-order valence-electron chi connectivity index (χ4n) is 10.3. The van der Waals surface area contributed by atoms with Gasteiger partial charge in [-0.15, -0.1) is 0 Å². The second-order valence-electron chi connectivity index (χ2n) is 20.8. The van der Waals surface area contributed by atoms with Crippen LogP contribution in [0.5, 0.6) is 0 Å². The zero-order chi connectivity index (χ0) is 42.1. The lowest BCUT2D eigenvalue weighted by molar-refractivity contribution is 0.590. The first kappa shape index (κ1) is 38.4. The van der Waals surface area contributed by atoms with Gasteiger partial charge in [0.1, 0.15) is 0 Å². The Bertz CT molecular complexity index is 2990. The first-order valence-corrected chi connectivity index (χ1v) is 21.9. The van der Waals surface area contributed by atoms with E-state index in [0.29, 0.717) is 0 Å². The lowest BCUT2D eigenvalue weighted by Crippen LogP contribution is -2.60. The summed E-state index contributed by atoms with van der Waals surface area (Å²) in [5.41, 5.74) is 20.7. The fraction of sp³-hybridized carbons (Fsp3) is 0.263. The van der Waals surface area contributed by atoms with Crippen LogP contribution < -0.4 is 21.3 Å². The van der Waals surface area contributed by atoms with Gasteiger partial charge in [-0.1, -0.05) is 166 Å². The molecular weight excluding hydrogens is 723 g/mol. The van der Waals surface area contributed by atoms with Gasteiger partial charge in [0, 0.05) is 49.9 Å². The number of aryl methyl sites for hydroxylation is 1. The van der Waals surface area contributed by atoms with Gasteiger partial charge in [0.2, 0.25) is 0 Å². The minimum absolute atomic E-state index is 0.0113. The van der Waals surface area contributed by atoms with Crippen LogP contribution in [0.25, 0.3) is 27.5 Å². The van der Waals surface area contributed by atoms with Gasteiger partial charge in [-0.2, -0.15) is 0 Å². The molecule has 0 aliphatic carbocycles. The molecule has 3 heterocycles. The molecule has 2 aliphatic rings. The average Bonchev–Trinajstić information content (AvgIpc) is 3.56. The van der Waals surface area contributed by atoms with E-state index < -0.39 is 0 Å². The fourth-order valence-corrected chi connectivity index (χ4v) is 10.3. The number of fused-ring (bicyclic) bond motifs is 7. The summed E-state index contributed by atoms with van der Waals surface area (Å²) in [6.07, 6.45) is 0. The van der Waals surface area contributed by atoms with E-state index in [0.717, 1.165) is 0 Å². The minimum atomic E-state index is -0.233. The van der Waals surface area contributed by atoms with Crippen LogP contribution in [0.1, 0.15) is 108 Å². The van der Waals surface area contributed by atoms with Gasteiger partial charge in [0.05, 0.1) is 5.52 Å². The Labute approximate surface area is 358 Å². The lowest BCUT2D eigenvalue weighted by Gasteiger charge is -2.41. The maximum absolute atomic E-state index is 2.63. The van der Waals surface area contributed by atoms with Crippen molar-refractivity contribution in [2.24, 2.45) is 0 Å². The summed E-state index contributed by atoms with van der Waals surface area (Å²) in [6.45, 7) is 25.8. The minimum Gasteiger partial charge on any atom is -0.311 e. The normalized spacial score (nSPS) is 13.8. The summed E-state index contributed by atoms with van der Waals surface area (Å²) in [5.74, 6) is 0. The van der Waals surface area contributed by atoms with Crippen LogP contribution in [0, 0.1) is 6.92 Å². The molecule has 0 saturated heterocycles. The molecule has 0 unspecified atom stereocenters. The molecule has 10 rings (SSSR count). The average molecular weight is 781 g/mol. The summed E-state index contributed by atoms with van der Waals surface area (Å²) >= 11 is 0. The molecule has 3 heteroatoms. The molecule has 298 valence electrons. The van der Waals surface area contributed by atoms with Crippen molar-refractivity contribution >= 4 is 62.0 Å². The molecule has 0 atom stereocenters. The van der Waals surface area contributed by atoms with Crippen molar-refractivity contribution in [2.45, 2.75) is 97.8 Å². The maximum atomic E-state index is 2.63. The number of benzene rings is 7. The highest BCUT2D eigenvalue weighted by Crippen LogP contribution is 2.45. The van der Waals surface area contributed by atoms with Gasteiger partial charge in [-0.3, -0.25) is 0 Å². The zero-order valence-electron chi connectivity index (χ0n) is 37.3. The van der Waals surface area contributed by atoms with Gasteiger partial charge in [-0.25, -0.2) is 0 Å². The van der Waals surface area contributed by atoms with Crippen LogP contribution in [0.4, 0.5) is 17.1 Å². The SMILES string of the molecule is Cc1cc2c3c(c1)-n1c4ccc(C(C)(C)c5ccccc5)cc4c4cc(C(C)(C)c5ccccc5)cc(c41)B3c1cc(C(C)(C)C)ccc1N2c1ccc(C(C)(C)C)cc1. The summed E-state index contributed by atoms with van der Waals surface area (Å²) in [7, 11) is 0. The number of hydrogen-bond donors (Lipinski definition) is 0. The Balaban J connectivity index is 1.33. The molecule has 0 spiro atoms. The molecule has 60 heavy (non-hydrogen) atoms. The standard InChI is InChI=1S/C57H57BN2/c1-36-30-50-52-51(31-36)60-48-28-25-41(56(8,9)38-18-14-12-15-19-38)32-44(48)45-33-42(57(10,11)39-20-16-13-17-21-39)35-47(53(45)60)58(52)46-34-40(55(5,6)7)24-29-49(46)59(50)43-26-22-37(23-27-43)54(2,3)4/h12-35H,1-11H3. The molecule has 0 N–H and O–H groups in total. The number of rotatable bonds is 5. The first-order chi connectivity index (χ1) is 28.4. The van der Waals surface area contributed by atoms with Crippen molar-refractivity contribution in [3.63, 3.8) is 0 Å². The van der Waals surface area contributed by atoms with Crippen molar-refractivity contribution in [1.29, 1.82) is 0 Å². The molecule has 0 amide bonds. The Morgan fingerprint density at radius 2 is 0.950 bits per heavy atom. The number of anilines is 3. The smallest absolute Gasteiger partial charge is 0.252 e. The Hall–Kier alpha value is -5.80. The molecule has 1 aromatic heterocycles. The highest BCUT2D eigenvalue weighted by molar-refractivity contribution is 7.00. The lowest BCUT2D eigenvalue weighted by atomic mass is 9.33. The molecule has 8 aromatic rings. The van der Waals surface area contributed by atoms with E-state index in [1.54, 1.807) is 0 Å². The van der Waals surface area contributed by atoms with E-state index in [1.807, 2.05) is 0 Å². The molecule has 2 nitrogen and oxygen atoms in total. The summed E-state index contributed by atoms with van der Waals surface area (Å²) in [4.78, 5) is 2.56. The van der Waals surface area contributed by atoms with Crippen LogP contribution >= 0.6 is 0 Å². The second-order valence-corrected chi connectivity index (χ2v) is 20.8. The van der Waals surface area contributed by atoms with Gasteiger partial charge in [-0.05, 0) is 122 Å². The third-order valence-electron chi connectivity index (χ3n) is 14.1. The van der Waals surface area contributed by atoms with Gasteiger partial charge in [0.15, 0.2) is 0 Å². The van der Waals surface area contributed by atoms with Gasteiger partial charge >= 0.3 is 0 Å². The molecule has 0 radical (unpaired) electrons. The summed E-state index contributed by atoms with van der Waals surface area (Å²) in [6, 6.07) is 56.1. The Morgan fingerprint density at radius 3 is 1.57 bits per heavy atom. The van der Waals surface area contributed by atoms with Crippen molar-refractivity contribution in [2.75, 3.05) is 4.90 Å². The van der Waals surface area contributed by atoms with Crippen LogP contribution in [0.3, 0.4) is 0 Å². The molecule has 0 fully saturated rings. The van der Waals surface area contributed by atoms with Crippen LogP contribution in [-0.4, -0.2) is 11.3 Å². The van der Waals surface area contributed by atoms with E-state index in [2.05, 4.69) is 231 Å². The van der Waals surface area contributed by atoms with Crippen LogP contribution in [0.2, 0.25) is 0 Å². The number of hydrogen-bond acceptors (Lipinski definition) is 1. The van der Waals surface area contributed by atoms with Crippen molar-refractivity contribution in [3.05, 3.63) is 185 Å². The topological polar surface area (TPSA) is 8.17 Å². The monoisotopic (exact) mass is 780 g/mol. The van der Waals surface area contributed by atoms with E-state index >= 15 is 0 Å². The van der Waals surface area contributed by atoms with Crippen LogP contribution in [-0.2, 0) is 21.7 Å². The number of nitrogens with zero attached hydrogens (tertiary/aromatic N) is 2. The first-order valence-electron chi connectivity index (χ1n) is 21.9. The van der Waals surface area contributed by atoms with E-state index in [9.17, 15) is 0 Å².